The Balaban J connectivity index is 1.22. The standard InChI is InChI=1S/C52H36N2/c1-3-15-37(16-4-1)39-27-30-40(31-28-39)45-21-9-12-24-49(45)54(50-25-13-10-22-46(50)42-32-29-38-17-7-8-18-41(38)35-42)44-33-34-48-47-23-11-14-26-51(47)53(52(48)36-44)43-19-5-2-6-20-43/h1-36H. The summed E-state index contributed by atoms with van der Waals surface area (Å²) in [6.07, 6.45) is 0. The van der Waals surface area contributed by atoms with Crippen LogP contribution in [0.3, 0.4) is 0 Å². The van der Waals surface area contributed by atoms with E-state index in [0.717, 1.165) is 39.4 Å². The molecular formula is C52H36N2. The van der Waals surface area contributed by atoms with Crippen LogP contribution in [0.15, 0.2) is 218 Å². The second-order valence-electron chi connectivity index (χ2n) is 13.8. The zero-order valence-electron chi connectivity index (χ0n) is 29.7. The largest absolute Gasteiger partial charge is 0.309 e. The number of para-hydroxylation sites is 4. The van der Waals surface area contributed by atoms with Gasteiger partial charge in [-0.2, -0.15) is 0 Å². The van der Waals surface area contributed by atoms with Crippen LogP contribution in [0.4, 0.5) is 17.1 Å². The summed E-state index contributed by atoms with van der Waals surface area (Å²) in [6, 6.07) is 79.0. The maximum absolute atomic E-state index is 2.46. The van der Waals surface area contributed by atoms with Gasteiger partial charge in [-0.05, 0) is 81.6 Å². The topological polar surface area (TPSA) is 8.17 Å². The number of aromatic nitrogens is 1. The SMILES string of the molecule is c1ccc(-c2ccc(-c3ccccc3N(c3ccc4c5ccccc5n(-c5ccccc5)c4c3)c3ccccc3-c3ccc4ccccc4c3)cc2)cc1. The van der Waals surface area contributed by atoms with Crippen molar-refractivity contribution in [3.05, 3.63) is 218 Å². The van der Waals surface area contributed by atoms with Gasteiger partial charge in [0.2, 0.25) is 0 Å². The Morgan fingerprint density at radius 1 is 0.315 bits per heavy atom. The van der Waals surface area contributed by atoms with Crippen LogP contribution in [0, 0.1) is 0 Å². The molecule has 0 bridgehead atoms. The molecule has 10 aromatic rings. The van der Waals surface area contributed by atoms with Crippen LogP contribution in [-0.4, -0.2) is 4.57 Å². The van der Waals surface area contributed by atoms with Gasteiger partial charge in [0.05, 0.1) is 22.4 Å². The lowest BCUT2D eigenvalue weighted by molar-refractivity contribution is 1.18. The van der Waals surface area contributed by atoms with E-state index in [0.29, 0.717) is 0 Å². The van der Waals surface area contributed by atoms with Gasteiger partial charge in [0.1, 0.15) is 0 Å². The third-order valence-corrected chi connectivity index (χ3v) is 10.6. The van der Waals surface area contributed by atoms with Crippen molar-refractivity contribution in [2.75, 3.05) is 4.90 Å². The van der Waals surface area contributed by atoms with E-state index in [4.69, 9.17) is 0 Å². The first-order chi connectivity index (χ1) is 26.8. The number of nitrogens with zero attached hydrogens (tertiary/aromatic N) is 2. The molecule has 54 heavy (non-hydrogen) atoms. The van der Waals surface area contributed by atoms with Crippen molar-refractivity contribution in [1.29, 1.82) is 0 Å². The lowest BCUT2D eigenvalue weighted by Crippen LogP contribution is -2.12. The summed E-state index contributed by atoms with van der Waals surface area (Å²) in [6.45, 7) is 0. The van der Waals surface area contributed by atoms with Crippen molar-refractivity contribution < 1.29 is 0 Å². The summed E-state index contributed by atoms with van der Waals surface area (Å²) < 4.78 is 2.40. The number of hydrogen-bond acceptors (Lipinski definition) is 1. The molecule has 0 N–H and O–H groups in total. The Labute approximate surface area is 315 Å². The van der Waals surface area contributed by atoms with E-state index in [2.05, 4.69) is 228 Å². The predicted molar refractivity (Wildman–Crippen MR) is 229 cm³/mol. The fourth-order valence-electron chi connectivity index (χ4n) is 8.02. The number of rotatable bonds is 7. The van der Waals surface area contributed by atoms with Crippen LogP contribution in [0.1, 0.15) is 0 Å². The van der Waals surface area contributed by atoms with E-state index in [1.807, 2.05) is 0 Å². The quantitative estimate of drug-likeness (QED) is 0.162. The maximum Gasteiger partial charge on any atom is 0.0561 e. The molecule has 2 heteroatoms. The second-order valence-corrected chi connectivity index (χ2v) is 13.8. The highest BCUT2D eigenvalue weighted by Crippen LogP contribution is 2.46. The average Bonchev–Trinajstić information content (AvgIpc) is 3.58. The summed E-state index contributed by atoms with van der Waals surface area (Å²) in [5, 5.41) is 4.93. The molecule has 0 aliphatic carbocycles. The molecule has 1 heterocycles. The average molecular weight is 689 g/mol. The van der Waals surface area contributed by atoms with Crippen molar-refractivity contribution in [2.24, 2.45) is 0 Å². The van der Waals surface area contributed by atoms with E-state index in [1.165, 1.54) is 49.3 Å². The van der Waals surface area contributed by atoms with Gasteiger partial charge >= 0.3 is 0 Å². The molecule has 0 saturated carbocycles. The van der Waals surface area contributed by atoms with Crippen LogP contribution in [0.25, 0.3) is 71.6 Å². The smallest absolute Gasteiger partial charge is 0.0561 e. The Kier molecular flexibility index (Phi) is 7.85. The van der Waals surface area contributed by atoms with Crippen molar-refractivity contribution in [3.63, 3.8) is 0 Å². The third kappa shape index (κ3) is 5.53. The molecule has 0 fully saturated rings. The summed E-state index contributed by atoms with van der Waals surface area (Å²) in [5.41, 5.74) is 13.9. The normalized spacial score (nSPS) is 11.3. The molecule has 0 unspecified atom stereocenters. The molecule has 1 aromatic heterocycles. The van der Waals surface area contributed by atoms with E-state index in [9.17, 15) is 0 Å². The lowest BCUT2D eigenvalue weighted by Gasteiger charge is -2.30. The zero-order chi connectivity index (χ0) is 35.8. The molecule has 2 nitrogen and oxygen atoms in total. The predicted octanol–water partition coefficient (Wildman–Crippen LogP) is 14.4. The monoisotopic (exact) mass is 688 g/mol. The van der Waals surface area contributed by atoms with Crippen molar-refractivity contribution in [2.45, 2.75) is 0 Å². The Morgan fingerprint density at radius 2 is 0.852 bits per heavy atom. The van der Waals surface area contributed by atoms with Gasteiger partial charge in [0, 0.05) is 33.3 Å². The third-order valence-electron chi connectivity index (χ3n) is 10.6. The van der Waals surface area contributed by atoms with Gasteiger partial charge in [-0.1, -0.05) is 170 Å². The summed E-state index contributed by atoms with van der Waals surface area (Å²) in [5.74, 6) is 0. The van der Waals surface area contributed by atoms with E-state index in [-0.39, 0.29) is 0 Å². The summed E-state index contributed by atoms with van der Waals surface area (Å²) in [4.78, 5) is 2.46. The van der Waals surface area contributed by atoms with Crippen LogP contribution in [-0.2, 0) is 0 Å². The van der Waals surface area contributed by atoms with Crippen LogP contribution >= 0.6 is 0 Å². The van der Waals surface area contributed by atoms with Gasteiger partial charge < -0.3 is 9.47 Å². The highest BCUT2D eigenvalue weighted by Gasteiger charge is 2.22. The van der Waals surface area contributed by atoms with Gasteiger partial charge in [-0.25, -0.2) is 0 Å². The molecular weight excluding hydrogens is 653 g/mol. The summed E-state index contributed by atoms with van der Waals surface area (Å²) in [7, 11) is 0. The zero-order valence-corrected chi connectivity index (χ0v) is 29.7. The van der Waals surface area contributed by atoms with Crippen LogP contribution < -0.4 is 4.90 Å². The molecule has 0 spiro atoms. The van der Waals surface area contributed by atoms with Gasteiger partial charge in [-0.3, -0.25) is 0 Å². The van der Waals surface area contributed by atoms with Crippen LogP contribution in [0.5, 0.6) is 0 Å². The van der Waals surface area contributed by atoms with Crippen molar-refractivity contribution in [3.8, 4) is 39.1 Å². The molecule has 0 aliphatic heterocycles. The number of anilines is 3. The fraction of sp³-hybridized carbons (Fsp3) is 0. The number of fused-ring (bicyclic) bond motifs is 4. The minimum Gasteiger partial charge on any atom is -0.309 e. The molecule has 254 valence electrons. The molecule has 0 saturated heterocycles. The highest BCUT2D eigenvalue weighted by molar-refractivity contribution is 6.11. The molecule has 0 aliphatic rings. The Hall–Kier alpha value is -7.16. The minimum atomic E-state index is 1.09. The van der Waals surface area contributed by atoms with E-state index < -0.39 is 0 Å². The second kappa shape index (κ2) is 13.4. The highest BCUT2D eigenvalue weighted by atomic mass is 15.1. The molecule has 0 atom stereocenters. The van der Waals surface area contributed by atoms with E-state index in [1.54, 1.807) is 0 Å². The van der Waals surface area contributed by atoms with Crippen molar-refractivity contribution >= 4 is 49.6 Å². The van der Waals surface area contributed by atoms with Gasteiger partial charge in [0.25, 0.3) is 0 Å². The Morgan fingerprint density at radius 3 is 1.61 bits per heavy atom. The van der Waals surface area contributed by atoms with Gasteiger partial charge in [-0.15, -0.1) is 0 Å². The number of benzene rings is 9. The first-order valence-electron chi connectivity index (χ1n) is 18.5. The maximum atomic E-state index is 2.46. The molecule has 0 amide bonds. The van der Waals surface area contributed by atoms with Crippen LogP contribution in [0.2, 0.25) is 0 Å². The first kappa shape index (κ1) is 31.6. The van der Waals surface area contributed by atoms with Crippen molar-refractivity contribution in [1.82, 2.24) is 4.57 Å². The fourth-order valence-corrected chi connectivity index (χ4v) is 8.02. The number of hydrogen-bond donors (Lipinski definition) is 0. The molecule has 9 aromatic carbocycles. The molecule has 10 rings (SSSR count). The first-order valence-corrected chi connectivity index (χ1v) is 18.5. The molecule has 0 radical (unpaired) electrons. The minimum absolute atomic E-state index is 1.09. The van der Waals surface area contributed by atoms with E-state index >= 15 is 0 Å². The van der Waals surface area contributed by atoms with Gasteiger partial charge in [0.15, 0.2) is 0 Å². The lowest BCUT2D eigenvalue weighted by atomic mass is 9.96. The summed E-state index contributed by atoms with van der Waals surface area (Å²) >= 11 is 0. The Bertz CT molecular complexity index is 2920.